The maximum Gasteiger partial charge on any atom is 0.293 e. The Balaban J connectivity index is 2.11. The topological polar surface area (TPSA) is 87.5 Å². The Bertz CT molecular complexity index is 583. The van der Waals surface area contributed by atoms with Gasteiger partial charge in [0.15, 0.2) is 0 Å². The number of likely N-dealkylation sites (N-methyl/N-ethyl adjacent to an activating group) is 1. The van der Waals surface area contributed by atoms with Gasteiger partial charge >= 0.3 is 0 Å². The van der Waals surface area contributed by atoms with Gasteiger partial charge in [0.05, 0.1) is 4.92 Å². The Kier molecular flexibility index (Phi) is 6.54. The molecule has 2 rings (SSSR count). The molecule has 1 aromatic carbocycles. The first-order valence-electron chi connectivity index (χ1n) is 8.55. The highest BCUT2D eigenvalue weighted by Crippen LogP contribution is 2.32. The number of benzene rings is 1. The van der Waals surface area contributed by atoms with Crippen molar-refractivity contribution in [2.75, 3.05) is 37.6 Å². The Morgan fingerprint density at radius 2 is 2.04 bits per heavy atom. The molecule has 0 atom stereocenters. The van der Waals surface area contributed by atoms with Crippen LogP contribution in [-0.4, -0.2) is 43.6 Å². The maximum atomic E-state index is 12.1. The lowest BCUT2D eigenvalue weighted by atomic mass is 9.98. The number of carbonyl (C=O) groups is 1. The molecule has 7 nitrogen and oxygen atoms in total. The molecule has 0 aliphatic carbocycles. The van der Waals surface area contributed by atoms with Gasteiger partial charge in [-0.1, -0.05) is 13.8 Å². The number of nitro groups is 1. The van der Waals surface area contributed by atoms with Gasteiger partial charge in [-0.3, -0.25) is 14.9 Å². The second-order valence-corrected chi connectivity index (χ2v) is 6.24. The van der Waals surface area contributed by atoms with E-state index in [9.17, 15) is 14.9 Å². The van der Waals surface area contributed by atoms with Crippen LogP contribution >= 0.6 is 0 Å². The van der Waals surface area contributed by atoms with E-state index in [0.717, 1.165) is 32.5 Å². The van der Waals surface area contributed by atoms with E-state index in [1.165, 1.54) is 6.07 Å². The third-order valence-corrected chi connectivity index (χ3v) is 4.40. The lowest BCUT2D eigenvalue weighted by molar-refractivity contribution is -0.384. The third-order valence-electron chi connectivity index (χ3n) is 4.40. The van der Waals surface area contributed by atoms with E-state index in [2.05, 4.69) is 17.6 Å². The van der Waals surface area contributed by atoms with Gasteiger partial charge in [-0.25, -0.2) is 0 Å². The summed E-state index contributed by atoms with van der Waals surface area (Å²) in [7, 11) is 0. The minimum absolute atomic E-state index is 0.00360. The molecule has 0 radical (unpaired) electrons. The first-order valence-corrected chi connectivity index (χ1v) is 8.55. The first-order chi connectivity index (χ1) is 11.5. The fourth-order valence-electron chi connectivity index (χ4n) is 2.87. The number of hydrogen-bond donors (Lipinski definition) is 2. The summed E-state index contributed by atoms with van der Waals surface area (Å²) < 4.78 is 0. The molecule has 0 bridgehead atoms. The van der Waals surface area contributed by atoms with Gasteiger partial charge in [0.2, 0.25) is 0 Å². The van der Waals surface area contributed by atoms with Crippen LogP contribution in [0.15, 0.2) is 18.2 Å². The van der Waals surface area contributed by atoms with Crippen LogP contribution in [0.1, 0.15) is 37.0 Å². The molecule has 1 saturated heterocycles. The summed E-state index contributed by atoms with van der Waals surface area (Å²) in [6.07, 6.45) is 2.06. The highest BCUT2D eigenvalue weighted by atomic mass is 16.6. The summed E-state index contributed by atoms with van der Waals surface area (Å²) in [5.41, 5.74) is 0.937. The predicted octanol–water partition coefficient (Wildman–Crippen LogP) is 2.17. The number of hydrogen-bond acceptors (Lipinski definition) is 5. The fourth-order valence-corrected chi connectivity index (χ4v) is 2.87. The number of nitrogens with zero attached hydrogens (tertiary/aromatic N) is 2. The molecule has 1 aromatic rings. The summed E-state index contributed by atoms with van der Waals surface area (Å²) >= 11 is 0. The lowest BCUT2D eigenvalue weighted by Gasteiger charge is -2.31. The minimum Gasteiger partial charge on any atom is -0.366 e. The van der Waals surface area contributed by atoms with Crippen molar-refractivity contribution in [1.29, 1.82) is 0 Å². The molecule has 0 aromatic heterocycles. The van der Waals surface area contributed by atoms with Crippen LogP contribution in [0.4, 0.5) is 11.4 Å². The highest BCUT2D eigenvalue weighted by molar-refractivity contribution is 5.95. The predicted molar refractivity (Wildman–Crippen MR) is 94.6 cm³/mol. The van der Waals surface area contributed by atoms with Crippen LogP contribution in [0.5, 0.6) is 0 Å². The average molecular weight is 334 g/mol. The van der Waals surface area contributed by atoms with Crippen LogP contribution in [0, 0.1) is 16.0 Å². The summed E-state index contributed by atoms with van der Waals surface area (Å²) in [6.45, 7) is 7.83. The van der Waals surface area contributed by atoms with Crippen molar-refractivity contribution in [3.05, 3.63) is 33.9 Å². The van der Waals surface area contributed by atoms with Gasteiger partial charge in [-0.05, 0) is 37.4 Å². The van der Waals surface area contributed by atoms with E-state index < -0.39 is 4.92 Å². The molecular weight excluding hydrogens is 308 g/mol. The summed E-state index contributed by atoms with van der Waals surface area (Å²) in [6, 6.07) is 4.76. The number of nitrogens with one attached hydrogen (secondary N) is 2. The summed E-state index contributed by atoms with van der Waals surface area (Å²) in [5, 5.41) is 17.3. The van der Waals surface area contributed by atoms with E-state index in [-0.39, 0.29) is 11.6 Å². The third kappa shape index (κ3) is 4.67. The van der Waals surface area contributed by atoms with Gasteiger partial charge < -0.3 is 15.5 Å². The normalized spacial score (nSPS) is 15.3. The van der Waals surface area contributed by atoms with Crippen LogP contribution in [0.25, 0.3) is 0 Å². The van der Waals surface area contributed by atoms with Gasteiger partial charge in [-0.15, -0.1) is 0 Å². The molecule has 1 heterocycles. The summed E-state index contributed by atoms with van der Waals surface area (Å²) in [5.74, 6) is 0.372. The molecule has 1 amide bonds. The second-order valence-electron chi connectivity index (χ2n) is 6.24. The number of carbonyl (C=O) groups excluding carboxylic acids is 1. The van der Waals surface area contributed by atoms with Gasteiger partial charge in [0.25, 0.3) is 11.6 Å². The van der Waals surface area contributed by atoms with E-state index in [0.29, 0.717) is 30.3 Å². The summed E-state index contributed by atoms with van der Waals surface area (Å²) in [4.78, 5) is 25.2. The number of piperidine rings is 1. The zero-order valence-corrected chi connectivity index (χ0v) is 14.4. The number of amides is 1. The van der Waals surface area contributed by atoms with Crippen molar-refractivity contribution in [1.82, 2.24) is 10.6 Å². The molecule has 24 heavy (non-hydrogen) atoms. The van der Waals surface area contributed by atoms with E-state index >= 15 is 0 Å². The van der Waals surface area contributed by atoms with Crippen molar-refractivity contribution < 1.29 is 9.72 Å². The van der Waals surface area contributed by atoms with Gasteiger partial charge in [0, 0.05) is 37.8 Å². The van der Waals surface area contributed by atoms with Crippen LogP contribution in [0.3, 0.4) is 0 Å². The Labute approximate surface area is 142 Å². The van der Waals surface area contributed by atoms with Crippen molar-refractivity contribution in [3.8, 4) is 0 Å². The number of nitro benzene ring substituents is 1. The average Bonchev–Trinajstić information content (AvgIpc) is 2.58. The lowest BCUT2D eigenvalue weighted by Crippen LogP contribution is -2.33. The molecular formula is C17H26N4O3. The SMILES string of the molecule is CCNCCNC(=O)c1ccc(N2CCC(C)CC2)c([N+](=O)[O-])c1. The van der Waals surface area contributed by atoms with Crippen molar-refractivity contribution in [3.63, 3.8) is 0 Å². The standard InChI is InChI=1S/C17H26N4O3/c1-3-18-8-9-19-17(22)14-4-5-15(16(12-14)21(23)24)20-10-6-13(2)7-11-20/h4-5,12-13,18H,3,6-11H2,1-2H3,(H,19,22). The molecule has 132 valence electrons. The molecule has 2 N–H and O–H groups in total. The molecule has 1 fully saturated rings. The van der Waals surface area contributed by atoms with Gasteiger partial charge in [0.1, 0.15) is 5.69 Å². The first kappa shape index (κ1) is 18.2. The molecule has 1 aliphatic rings. The molecule has 1 aliphatic heterocycles. The van der Waals surface area contributed by atoms with Crippen molar-refractivity contribution >= 4 is 17.3 Å². The van der Waals surface area contributed by atoms with Crippen LogP contribution in [-0.2, 0) is 0 Å². The van der Waals surface area contributed by atoms with E-state index in [1.54, 1.807) is 12.1 Å². The second kappa shape index (κ2) is 8.63. The van der Waals surface area contributed by atoms with Crippen molar-refractivity contribution in [2.24, 2.45) is 5.92 Å². The molecule has 0 saturated carbocycles. The Morgan fingerprint density at radius 1 is 1.33 bits per heavy atom. The zero-order valence-electron chi connectivity index (χ0n) is 14.4. The molecule has 0 spiro atoms. The number of rotatable bonds is 7. The zero-order chi connectivity index (χ0) is 17.5. The minimum atomic E-state index is -0.400. The smallest absolute Gasteiger partial charge is 0.293 e. The van der Waals surface area contributed by atoms with E-state index in [4.69, 9.17) is 0 Å². The maximum absolute atomic E-state index is 12.1. The molecule has 7 heteroatoms. The largest absolute Gasteiger partial charge is 0.366 e. The molecule has 0 unspecified atom stereocenters. The number of anilines is 1. The quantitative estimate of drug-likeness (QED) is 0.453. The van der Waals surface area contributed by atoms with E-state index in [1.807, 2.05) is 11.8 Å². The van der Waals surface area contributed by atoms with Crippen molar-refractivity contribution in [2.45, 2.75) is 26.7 Å². The Hall–Kier alpha value is -2.15. The Morgan fingerprint density at radius 3 is 2.67 bits per heavy atom. The monoisotopic (exact) mass is 334 g/mol. The van der Waals surface area contributed by atoms with Gasteiger partial charge in [-0.2, -0.15) is 0 Å². The van der Waals surface area contributed by atoms with Crippen LogP contribution in [0.2, 0.25) is 0 Å². The highest BCUT2D eigenvalue weighted by Gasteiger charge is 2.24. The van der Waals surface area contributed by atoms with Crippen LogP contribution < -0.4 is 15.5 Å². The fraction of sp³-hybridized carbons (Fsp3) is 0.588.